The number of unbranched alkanes of at least 4 members (excludes halogenated alkanes) is 3. The van der Waals surface area contributed by atoms with E-state index >= 15 is 0 Å². The van der Waals surface area contributed by atoms with Crippen molar-refractivity contribution in [3.8, 4) is 11.1 Å². The minimum atomic E-state index is -3.16. The molecule has 3 heterocycles. The average Bonchev–Trinajstić information content (AvgIpc) is 3.48. The maximum Gasteiger partial charge on any atom is 0.250 e. The first-order valence-corrected chi connectivity index (χ1v) is 14.8. The number of fused-ring (bicyclic) bond motifs is 1. The summed E-state index contributed by atoms with van der Waals surface area (Å²) < 4.78 is 26.1. The number of hydrogen-bond acceptors (Lipinski definition) is 4. The lowest BCUT2D eigenvalue weighted by Crippen LogP contribution is -2.38. The molecule has 1 fully saturated rings. The van der Waals surface area contributed by atoms with Crippen molar-refractivity contribution in [3.05, 3.63) is 45.8 Å². The van der Waals surface area contributed by atoms with Gasteiger partial charge in [-0.1, -0.05) is 26.2 Å². The number of benzene rings is 1. The third-order valence-corrected chi connectivity index (χ3v) is 9.88. The van der Waals surface area contributed by atoms with Crippen molar-refractivity contribution in [1.82, 2.24) is 9.29 Å². The second-order valence-corrected chi connectivity index (χ2v) is 12.5. The lowest BCUT2D eigenvalue weighted by Gasteiger charge is -2.31. The van der Waals surface area contributed by atoms with Gasteiger partial charge in [0.15, 0.2) is 0 Å². The van der Waals surface area contributed by atoms with E-state index in [4.69, 9.17) is 5.73 Å². The van der Waals surface area contributed by atoms with Gasteiger partial charge in [-0.25, -0.2) is 12.7 Å². The van der Waals surface area contributed by atoms with Crippen LogP contribution in [0.5, 0.6) is 0 Å². The number of nitrogens with two attached hydrogens (primary N) is 1. The van der Waals surface area contributed by atoms with E-state index in [1.807, 2.05) is 12.3 Å². The van der Waals surface area contributed by atoms with E-state index in [-0.39, 0.29) is 11.7 Å². The van der Waals surface area contributed by atoms with Crippen LogP contribution in [0.4, 0.5) is 0 Å². The molecular weight excluding hydrogens is 466 g/mol. The van der Waals surface area contributed by atoms with E-state index in [2.05, 4.69) is 29.4 Å². The molecule has 4 rings (SSSR count). The van der Waals surface area contributed by atoms with Gasteiger partial charge in [0.25, 0.3) is 5.91 Å². The molecule has 0 atom stereocenters. The Morgan fingerprint density at radius 1 is 1.12 bits per heavy atom. The largest absolute Gasteiger partial charge is 0.366 e. The van der Waals surface area contributed by atoms with Crippen LogP contribution in [-0.4, -0.2) is 42.5 Å². The van der Waals surface area contributed by atoms with Gasteiger partial charge in [0.05, 0.1) is 16.8 Å². The zero-order chi connectivity index (χ0) is 24.3. The number of amides is 1. The number of carbonyl (C=O) groups excluding carboxylic acids is 1. The van der Waals surface area contributed by atoms with Crippen molar-refractivity contribution in [2.45, 2.75) is 64.7 Å². The van der Waals surface area contributed by atoms with Crippen molar-refractivity contribution in [2.24, 2.45) is 5.73 Å². The molecule has 1 saturated heterocycles. The number of nitrogens with zero attached hydrogens (tertiary/aromatic N) is 1. The molecule has 34 heavy (non-hydrogen) atoms. The van der Waals surface area contributed by atoms with E-state index in [9.17, 15) is 13.2 Å². The highest BCUT2D eigenvalue weighted by Crippen LogP contribution is 2.38. The molecule has 2 aromatic heterocycles. The van der Waals surface area contributed by atoms with Gasteiger partial charge in [-0.2, -0.15) is 0 Å². The second kappa shape index (κ2) is 10.6. The molecule has 184 valence electrons. The number of hydrogen-bond donors (Lipinski definition) is 2. The van der Waals surface area contributed by atoms with Gasteiger partial charge < -0.3 is 10.7 Å². The Labute approximate surface area is 206 Å². The summed E-state index contributed by atoms with van der Waals surface area (Å²) >= 11 is 1.77. The summed E-state index contributed by atoms with van der Waals surface area (Å²) in [7, 11) is -3.16. The highest BCUT2D eigenvalue weighted by Gasteiger charge is 2.29. The van der Waals surface area contributed by atoms with Gasteiger partial charge >= 0.3 is 0 Å². The fourth-order valence-electron chi connectivity index (χ4n) is 4.97. The number of carbonyl (C=O) groups is 1. The standard InChI is InChI=1S/C26H35N3O3S2/c1-3-5-6-7-8-21-13-20(17-33-21)19-14-22-24(16-28-25(22)23(15-19)26(27)30)18-9-11-29(12-10-18)34(31,32)4-2/h13-18,28H,3-12H2,1-2H3,(H2,27,30). The van der Waals surface area contributed by atoms with Gasteiger partial charge in [0.1, 0.15) is 0 Å². The molecule has 1 aromatic carbocycles. The molecule has 0 aliphatic carbocycles. The summed E-state index contributed by atoms with van der Waals surface area (Å²) in [5.74, 6) is -0.0686. The fourth-order valence-corrected chi connectivity index (χ4v) is 7.04. The van der Waals surface area contributed by atoms with Crippen molar-refractivity contribution in [2.75, 3.05) is 18.8 Å². The van der Waals surface area contributed by atoms with Crippen LogP contribution in [0.3, 0.4) is 0 Å². The van der Waals surface area contributed by atoms with E-state index in [0.717, 1.165) is 46.9 Å². The average molecular weight is 502 g/mol. The predicted molar refractivity (Wildman–Crippen MR) is 141 cm³/mol. The molecule has 0 radical (unpaired) electrons. The summed E-state index contributed by atoms with van der Waals surface area (Å²) in [5.41, 5.74) is 10.3. The third-order valence-electron chi connectivity index (χ3n) is 7.00. The summed E-state index contributed by atoms with van der Waals surface area (Å²) in [5, 5.41) is 3.18. The van der Waals surface area contributed by atoms with Crippen LogP contribution < -0.4 is 5.73 Å². The van der Waals surface area contributed by atoms with E-state index < -0.39 is 15.9 Å². The number of rotatable bonds is 10. The maximum atomic E-state index is 12.3. The normalized spacial score (nSPS) is 15.8. The Hall–Kier alpha value is -2.16. The topological polar surface area (TPSA) is 96.3 Å². The van der Waals surface area contributed by atoms with Crippen LogP contribution in [-0.2, 0) is 16.4 Å². The Morgan fingerprint density at radius 3 is 2.56 bits per heavy atom. The molecule has 6 nitrogen and oxygen atoms in total. The van der Waals surface area contributed by atoms with Crippen molar-refractivity contribution in [1.29, 1.82) is 0 Å². The zero-order valence-electron chi connectivity index (χ0n) is 20.1. The van der Waals surface area contributed by atoms with E-state index in [0.29, 0.717) is 18.7 Å². The Kier molecular flexibility index (Phi) is 7.80. The summed E-state index contributed by atoms with van der Waals surface area (Å²) in [6.45, 7) is 4.97. The Bertz CT molecular complexity index is 1250. The first-order valence-electron chi connectivity index (χ1n) is 12.3. The van der Waals surface area contributed by atoms with Gasteiger partial charge in [-0.05, 0) is 78.8 Å². The monoisotopic (exact) mass is 501 g/mol. The second-order valence-electron chi connectivity index (χ2n) is 9.24. The van der Waals surface area contributed by atoms with Crippen molar-refractivity contribution >= 4 is 38.2 Å². The highest BCUT2D eigenvalue weighted by molar-refractivity contribution is 7.89. The SMILES string of the molecule is CCCCCCc1cc(-c2cc(C(N)=O)c3[nH]cc(C4CCN(S(=O)(=O)CC)CC4)c3c2)cs1. The highest BCUT2D eigenvalue weighted by atomic mass is 32.2. The molecule has 1 aliphatic heterocycles. The molecule has 3 N–H and O–H groups in total. The molecule has 1 aliphatic rings. The van der Waals surface area contributed by atoms with Gasteiger partial charge in [0, 0.05) is 29.5 Å². The van der Waals surface area contributed by atoms with Crippen LogP contribution >= 0.6 is 11.3 Å². The Balaban J connectivity index is 1.62. The number of aromatic nitrogens is 1. The predicted octanol–water partition coefficient (Wildman–Crippen LogP) is 5.65. The molecule has 0 saturated carbocycles. The minimum Gasteiger partial charge on any atom is -0.366 e. The molecule has 0 unspecified atom stereocenters. The van der Waals surface area contributed by atoms with Crippen molar-refractivity contribution in [3.63, 3.8) is 0 Å². The number of aryl methyl sites for hydroxylation is 1. The van der Waals surface area contributed by atoms with Crippen LogP contribution in [0.1, 0.15) is 79.1 Å². The number of nitrogens with one attached hydrogen (secondary N) is 1. The summed E-state index contributed by atoms with van der Waals surface area (Å²) in [4.78, 5) is 17.0. The van der Waals surface area contributed by atoms with Gasteiger partial charge in [-0.15, -0.1) is 11.3 Å². The lowest BCUT2D eigenvalue weighted by atomic mass is 9.88. The number of piperidine rings is 1. The quantitative estimate of drug-likeness (QED) is 0.352. The van der Waals surface area contributed by atoms with Crippen LogP contribution in [0.25, 0.3) is 22.0 Å². The van der Waals surface area contributed by atoms with Crippen molar-refractivity contribution < 1.29 is 13.2 Å². The number of aromatic amines is 1. The smallest absolute Gasteiger partial charge is 0.250 e. The number of primary amides is 1. The van der Waals surface area contributed by atoms with Gasteiger partial charge in [-0.3, -0.25) is 4.79 Å². The van der Waals surface area contributed by atoms with Crippen LogP contribution in [0.2, 0.25) is 0 Å². The molecule has 3 aromatic rings. The van der Waals surface area contributed by atoms with Gasteiger partial charge in [0.2, 0.25) is 10.0 Å². The summed E-state index contributed by atoms with van der Waals surface area (Å²) in [6.07, 6.45) is 9.56. The first-order chi connectivity index (χ1) is 16.3. The van der Waals surface area contributed by atoms with Crippen LogP contribution in [0.15, 0.2) is 29.8 Å². The van der Waals surface area contributed by atoms with Crippen LogP contribution in [0, 0.1) is 0 Å². The molecule has 0 spiro atoms. The molecule has 0 bridgehead atoms. The zero-order valence-corrected chi connectivity index (χ0v) is 21.7. The number of sulfonamides is 1. The number of H-pyrrole nitrogens is 1. The van der Waals surface area contributed by atoms with E-state index in [1.165, 1.54) is 30.6 Å². The third kappa shape index (κ3) is 5.24. The Morgan fingerprint density at radius 2 is 1.88 bits per heavy atom. The molecular formula is C26H35N3O3S2. The lowest BCUT2D eigenvalue weighted by molar-refractivity contribution is 0.100. The summed E-state index contributed by atoms with van der Waals surface area (Å²) in [6, 6.07) is 6.29. The number of thiophene rings is 1. The first kappa shape index (κ1) is 24.9. The van der Waals surface area contributed by atoms with E-state index in [1.54, 1.807) is 22.6 Å². The molecule has 8 heteroatoms. The maximum absolute atomic E-state index is 12.3. The fraction of sp³-hybridized carbons (Fsp3) is 0.500. The molecule has 1 amide bonds. The minimum absolute atomic E-state index is 0.136.